The van der Waals surface area contributed by atoms with Crippen LogP contribution in [0, 0.1) is 0 Å². The maximum absolute atomic E-state index is 12.4. The Balaban J connectivity index is 1.68. The van der Waals surface area contributed by atoms with Crippen LogP contribution in [0.3, 0.4) is 0 Å². The van der Waals surface area contributed by atoms with Gasteiger partial charge in [-0.1, -0.05) is 25.1 Å². The van der Waals surface area contributed by atoms with E-state index in [0.29, 0.717) is 13.0 Å². The zero-order valence-corrected chi connectivity index (χ0v) is 13.5. The van der Waals surface area contributed by atoms with E-state index in [0.717, 1.165) is 27.8 Å². The van der Waals surface area contributed by atoms with Crippen molar-refractivity contribution in [2.45, 2.75) is 25.8 Å². The first kappa shape index (κ1) is 16.0. The van der Waals surface area contributed by atoms with Crippen molar-refractivity contribution in [1.29, 1.82) is 0 Å². The number of amides is 4. The van der Waals surface area contributed by atoms with E-state index in [9.17, 15) is 14.4 Å². The Kier molecular flexibility index (Phi) is 4.50. The molecular formula is C17H20N4O3. The van der Waals surface area contributed by atoms with Crippen LogP contribution in [0.4, 0.5) is 4.79 Å². The minimum absolute atomic E-state index is 0.241. The first-order valence-electron chi connectivity index (χ1n) is 8.03. The molecule has 3 N–H and O–H groups in total. The Morgan fingerprint density at radius 2 is 2.08 bits per heavy atom. The number of carbonyl (C=O) groups is 3. The van der Waals surface area contributed by atoms with E-state index < -0.39 is 12.1 Å². The topological polar surface area (TPSA) is 94.3 Å². The van der Waals surface area contributed by atoms with Crippen molar-refractivity contribution in [2.75, 3.05) is 13.1 Å². The van der Waals surface area contributed by atoms with Crippen LogP contribution in [0.2, 0.25) is 0 Å². The molecule has 0 bridgehead atoms. The van der Waals surface area contributed by atoms with Gasteiger partial charge in [-0.15, -0.1) is 0 Å². The predicted octanol–water partition coefficient (Wildman–Crippen LogP) is 1.16. The van der Waals surface area contributed by atoms with Crippen LogP contribution in [0.15, 0.2) is 30.5 Å². The number of urea groups is 1. The summed E-state index contributed by atoms with van der Waals surface area (Å²) in [7, 11) is 0. The van der Waals surface area contributed by atoms with Gasteiger partial charge < -0.3 is 15.6 Å². The summed E-state index contributed by atoms with van der Waals surface area (Å²) in [6, 6.07) is 6.63. The van der Waals surface area contributed by atoms with Crippen molar-refractivity contribution in [3.63, 3.8) is 0 Å². The second-order valence-electron chi connectivity index (χ2n) is 5.84. The Morgan fingerprint density at radius 3 is 2.88 bits per heavy atom. The lowest BCUT2D eigenvalue weighted by Crippen LogP contribution is -2.41. The minimum atomic E-state index is -0.643. The summed E-state index contributed by atoms with van der Waals surface area (Å²) in [6.07, 6.45) is 3.04. The highest BCUT2D eigenvalue weighted by Gasteiger charge is 2.39. The summed E-state index contributed by atoms with van der Waals surface area (Å²) in [6.45, 7) is 2.22. The number of carbonyl (C=O) groups excluding carboxylic acids is 3. The van der Waals surface area contributed by atoms with Crippen LogP contribution in [0.5, 0.6) is 0 Å². The highest BCUT2D eigenvalue weighted by molar-refractivity contribution is 6.06. The van der Waals surface area contributed by atoms with E-state index in [4.69, 9.17) is 0 Å². The third kappa shape index (κ3) is 3.10. The van der Waals surface area contributed by atoms with Gasteiger partial charge in [-0.25, -0.2) is 4.79 Å². The number of aromatic amines is 1. The quantitative estimate of drug-likeness (QED) is 0.695. The van der Waals surface area contributed by atoms with Gasteiger partial charge in [0.2, 0.25) is 5.91 Å². The van der Waals surface area contributed by atoms with Crippen LogP contribution in [-0.4, -0.2) is 46.9 Å². The summed E-state index contributed by atoms with van der Waals surface area (Å²) in [4.78, 5) is 40.3. The summed E-state index contributed by atoms with van der Waals surface area (Å²) in [5, 5.41) is 6.36. The fraction of sp³-hybridized carbons (Fsp3) is 0.353. The van der Waals surface area contributed by atoms with E-state index >= 15 is 0 Å². The zero-order valence-electron chi connectivity index (χ0n) is 13.5. The lowest BCUT2D eigenvalue weighted by Gasteiger charge is -2.12. The Hall–Kier alpha value is -2.83. The van der Waals surface area contributed by atoms with Gasteiger partial charge in [0, 0.05) is 30.1 Å². The van der Waals surface area contributed by atoms with Crippen molar-refractivity contribution in [3.05, 3.63) is 36.0 Å². The molecule has 1 fully saturated rings. The van der Waals surface area contributed by atoms with Gasteiger partial charge in [-0.05, 0) is 18.1 Å². The molecule has 7 nitrogen and oxygen atoms in total. The van der Waals surface area contributed by atoms with Crippen LogP contribution >= 0.6 is 0 Å². The van der Waals surface area contributed by atoms with Crippen molar-refractivity contribution in [3.8, 4) is 0 Å². The number of aromatic nitrogens is 1. The maximum atomic E-state index is 12.4. The van der Waals surface area contributed by atoms with Crippen LogP contribution < -0.4 is 10.6 Å². The summed E-state index contributed by atoms with van der Waals surface area (Å²) in [5.41, 5.74) is 1.95. The van der Waals surface area contributed by atoms with E-state index in [1.165, 1.54) is 0 Å². The molecule has 3 rings (SSSR count). The lowest BCUT2D eigenvalue weighted by molar-refractivity contribution is -0.132. The molecule has 1 aliphatic heterocycles. The van der Waals surface area contributed by atoms with Crippen molar-refractivity contribution in [2.24, 2.45) is 0 Å². The Bertz CT molecular complexity index is 783. The van der Waals surface area contributed by atoms with E-state index in [2.05, 4.69) is 15.6 Å². The van der Waals surface area contributed by atoms with Gasteiger partial charge >= 0.3 is 6.03 Å². The molecule has 0 unspecified atom stereocenters. The number of para-hydroxylation sites is 1. The first-order chi connectivity index (χ1) is 11.6. The number of rotatable bonds is 6. The second-order valence-corrected chi connectivity index (χ2v) is 5.84. The molecule has 1 aliphatic rings. The van der Waals surface area contributed by atoms with Gasteiger partial charge in [0.1, 0.15) is 12.6 Å². The van der Waals surface area contributed by atoms with Crippen LogP contribution in [0.25, 0.3) is 10.9 Å². The molecule has 24 heavy (non-hydrogen) atoms. The van der Waals surface area contributed by atoms with E-state index in [1.807, 2.05) is 37.4 Å². The number of hydrogen-bond acceptors (Lipinski definition) is 3. The Labute approximate surface area is 139 Å². The molecule has 0 radical (unpaired) electrons. The first-order valence-corrected chi connectivity index (χ1v) is 8.03. The molecule has 7 heteroatoms. The fourth-order valence-electron chi connectivity index (χ4n) is 2.85. The summed E-state index contributed by atoms with van der Waals surface area (Å²) in [5.74, 6) is -0.690. The zero-order chi connectivity index (χ0) is 17.1. The van der Waals surface area contributed by atoms with Crippen molar-refractivity contribution < 1.29 is 14.4 Å². The molecule has 2 aromatic rings. The van der Waals surface area contributed by atoms with Gasteiger partial charge in [0.25, 0.3) is 5.91 Å². The highest BCUT2D eigenvalue weighted by atomic mass is 16.2. The fourth-order valence-corrected chi connectivity index (χ4v) is 2.85. The number of nitrogens with zero attached hydrogens (tertiary/aromatic N) is 1. The number of imide groups is 1. The molecule has 0 saturated carbocycles. The third-order valence-electron chi connectivity index (χ3n) is 4.08. The van der Waals surface area contributed by atoms with Gasteiger partial charge in [-0.3, -0.25) is 14.5 Å². The highest BCUT2D eigenvalue weighted by Crippen LogP contribution is 2.21. The number of H-pyrrole nitrogens is 1. The van der Waals surface area contributed by atoms with Crippen molar-refractivity contribution >= 4 is 28.7 Å². The number of hydrogen-bond donors (Lipinski definition) is 3. The van der Waals surface area contributed by atoms with Crippen LogP contribution in [-0.2, 0) is 16.0 Å². The predicted molar refractivity (Wildman–Crippen MR) is 89.3 cm³/mol. The minimum Gasteiger partial charge on any atom is -0.361 e. The molecule has 4 amide bonds. The summed E-state index contributed by atoms with van der Waals surface area (Å²) >= 11 is 0. The molecule has 0 aliphatic carbocycles. The lowest BCUT2D eigenvalue weighted by atomic mass is 10.1. The van der Waals surface area contributed by atoms with E-state index in [1.54, 1.807) is 0 Å². The normalized spacial score (nSPS) is 17.4. The summed E-state index contributed by atoms with van der Waals surface area (Å²) < 4.78 is 0. The molecule has 126 valence electrons. The monoisotopic (exact) mass is 328 g/mol. The molecule has 1 aromatic carbocycles. The Morgan fingerprint density at radius 1 is 1.29 bits per heavy atom. The molecular weight excluding hydrogens is 308 g/mol. The number of benzene rings is 1. The van der Waals surface area contributed by atoms with Gasteiger partial charge in [0.05, 0.1) is 0 Å². The molecule has 1 saturated heterocycles. The van der Waals surface area contributed by atoms with Crippen molar-refractivity contribution in [1.82, 2.24) is 20.5 Å². The molecule has 1 atom stereocenters. The molecule has 0 spiro atoms. The van der Waals surface area contributed by atoms with Gasteiger partial charge in [-0.2, -0.15) is 0 Å². The largest absolute Gasteiger partial charge is 0.361 e. The smallest absolute Gasteiger partial charge is 0.325 e. The second kappa shape index (κ2) is 6.74. The SMILES string of the molecule is CCCNC(=O)CN1C(=O)N[C@@H](Cc2c[nH]c3ccccc23)C1=O. The average Bonchev–Trinajstić information content (AvgIpc) is 3.10. The average molecular weight is 328 g/mol. The molecule has 1 aromatic heterocycles. The maximum Gasteiger partial charge on any atom is 0.325 e. The molecule has 2 heterocycles. The third-order valence-corrected chi connectivity index (χ3v) is 4.08. The van der Waals surface area contributed by atoms with E-state index in [-0.39, 0.29) is 18.4 Å². The van der Waals surface area contributed by atoms with Gasteiger partial charge in [0.15, 0.2) is 0 Å². The van der Waals surface area contributed by atoms with Crippen LogP contribution in [0.1, 0.15) is 18.9 Å². The standard InChI is InChI=1S/C17H20N4O3/c1-2-7-18-15(22)10-21-16(23)14(20-17(21)24)8-11-9-19-13-6-4-3-5-12(11)13/h3-6,9,14,19H,2,7-8,10H2,1H3,(H,18,22)(H,20,24)/t14-/m0/s1. The number of fused-ring (bicyclic) bond motifs is 1. The number of nitrogens with one attached hydrogen (secondary N) is 3.